The molecule has 2 fully saturated rings. The van der Waals surface area contributed by atoms with E-state index in [4.69, 9.17) is 16.3 Å². The third-order valence-corrected chi connectivity index (χ3v) is 10.9. The number of amides is 1. The molecular formula is C37H29ClF7N7O5S. The van der Waals surface area contributed by atoms with Crippen molar-refractivity contribution in [2.24, 2.45) is 13.0 Å². The van der Waals surface area contributed by atoms with Gasteiger partial charge in [-0.2, -0.15) is 32.1 Å². The van der Waals surface area contributed by atoms with E-state index in [1.165, 1.54) is 36.0 Å². The Morgan fingerprint density at radius 2 is 1.79 bits per heavy atom. The summed E-state index contributed by atoms with van der Waals surface area (Å²) in [5, 5.41) is 21.2. The number of anilines is 1. The number of alkyl halides is 5. The minimum absolute atomic E-state index is 0.0136. The number of halogens is 8. The second-order valence-corrected chi connectivity index (χ2v) is 16.7. The molecule has 304 valence electrons. The van der Waals surface area contributed by atoms with E-state index in [9.17, 15) is 40.3 Å². The summed E-state index contributed by atoms with van der Waals surface area (Å²) in [5.41, 5.74) is -3.92. The van der Waals surface area contributed by atoms with Crippen molar-refractivity contribution in [1.82, 2.24) is 29.9 Å². The summed E-state index contributed by atoms with van der Waals surface area (Å²) < 4.78 is 136. The highest BCUT2D eigenvalue weighted by Crippen LogP contribution is 2.68. The SMILES string of the molecule is Cn1nc(NS(C)(=O)=O)c2c(Cl)ccc(-c3ccc(C#CC4(O)COC4)nc3[C@H](Cc3cc(F)cc(F)c3)NC(=O)Cn3nc(C(F)(F)F)c4c3C(F)(F)[C@@H]3C[C@H]43)c21. The first kappa shape index (κ1) is 39.6. The average molecular weight is 852 g/mol. The minimum atomic E-state index is -5.09. The Labute approximate surface area is 329 Å². The highest BCUT2D eigenvalue weighted by atomic mass is 35.5. The van der Waals surface area contributed by atoms with Gasteiger partial charge < -0.3 is 15.2 Å². The summed E-state index contributed by atoms with van der Waals surface area (Å²) in [6, 6.07) is 7.11. The summed E-state index contributed by atoms with van der Waals surface area (Å²) in [6.07, 6.45) is -4.75. The predicted octanol–water partition coefficient (Wildman–Crippen LogP) is 5.58. The molecule has 2 aromatic carbocycles. The molecule has 0 bridgehead atoms. The monoisotopic (exact) mass is 851 g/mol. The Kier molecular flexibility index (Phi) is 9.34. The number of benzene rings is 2. The van der Waals surface area contributed by atoms with Gasteiger partial charge in [-0.1, -0.05) is 23.6 Å². The van der Waals surface area contributed by atoms with Gasteiger partial charge in [-0.3, -0.25) is 18.9 Å². The summed E-state index contributed by atoms with van der Waals surface area (Å²) in [6.45, 7) is -1.28. The summed E-state index contributed by atoms with van der Waals surface area (Å²) in [4.78, 5) is 18.6. The van der Waals surface area contributed by atoms with Crippen molar-refractivity contribution in [1.29, 1.82) is 0 Å². The molecule has 3 N–H and O–H groups in total. The summed E-state index contributed by atoms with van der Waals surface area (Å²) in [7, 11) is -2.36. The van der Waals surface area contributed by atoms with Gasteiger partial charge in [0.15, 0.2) is 17.1 Å². The fraction of sp³-hybridized carbons (Fsp3) is 0.351. The molecule has 1 amide bonds. The number of sulfonamides is 1. The number of hydrogen-bond acceptors (Lipinski definition) is 8. The molecule has 0 radical (unpaired) electrons. The maximum absolute atomic E-state index is 15.4. The van der Waals surface area contributed by atoms with Crippen molar-refractivity contribution in [3.05, 3.63) is 93.0 Å². The van der Waals surface area contributed by atoms with E-state index in [0.29, 0.717) is 16.3 Å². The lowest BCUT2D eigenvalue weighted by Crippen LogP contribution is -2.48. The van der Waals surface area contributed by atoms with Gasteiger partial charge in [-0.05, 0) is 60.6 Å². The van der Waals surface area contributed by atoms with E-state index >= 15 is 8.78 Å². The lowest BCUT2D eigenvalue weighted by atomic mass is 9.93. The van der Waals surface area contributed by atoms with Crippen LogP contribution in [0.15, 0.2) is 42.5 Å². The second kappa shape index (κ2) is 13.7. The number of rotatable bonds is 9. The zero-order valence-corrected chi connectivity index (χ0v) is 31.6. The van der Waals surface area contributed by atoms with Crippen LogP contribution < -0.4 is 10.0 Å². The number of ether oxygens (including phenoxy) is 1. The molecular weight excluding hydrogens is 823 g/mol. The quantitative estimate of drug-likeness (QED) is 0.129. The zero-order chi connectivity index (χ0) is 41.7. The normalized spacial score (nSPS) is 19.4. The van der Waals surface area contributed by atoms with Crippen LogP contribution in [0.4, 0.5) is 36.6 Å². The predicted molar refractivity (Wildman–Crippen MR) is 193 cm³/mol. The number of fused-ring (bicyclic) bond motifs is 4. The Morgan fingerprint density at radius 3 is 2.43 bits per heavy atom. The number of hydrogen-bond donors (Lipinski definition) is 3. The van der Waals surface area contributed by atoms with E-state index in [-0.39, 0.29) is 63.9 Å². The zero-order valence-electron chi connectivity index (χ0n) is 30.1. The third kappa shape index (κ3) is 7.24. The number of carbonyl (C=O) groups excluding carboxylic acids is 1. The smallest absolute Gasteiger partial charge is 0.373 e. The maximum atomic E-state index is 15.4. The van der Waals surface area contributed by atoms with E-state index in [1.807, 2.05) is 0 Å². The number of carbonyl (C=O) groups is 1. The topological polar surface area (TPSA) is 153 Å². The number of nitrogens with one attached hydrogen (secondary N) is 2. The van der Waals surface area contributed by atoms with Gasteiger partial charge in [-0.15, -0.1) is 0 Å². The lowest BCUT2D eigenvalue weighted by Gasteiger charge is -2.30. The molecule has 58 heavy (non-hydrogen) atoms. The van der Waals surface area contributed by atoms with Crippen molar-refractivity contribution in [3.8, 4) is 23.0 Å². The van der Waals surface area contributed by atoms with Gasteiger partial charge in [0.1, 0.15) is 29.6 Å². The van der Waals surface area contributed by atoms with Crippen LogP contribution in [0.5, 0.6) is 0 Å². The molecule has 12 nitrogen and oxygen atoms in total. The Morgan fingerprint density at radius 1 is 1.10 bits per heavy atom. The van der Waals surface area contributed by atoms with Crippen molar-refractivity contribution in [2.75, 3.05) is 24.2 Å². The van der Waals surface area contributed by atoms with E-state index < -0.39 is 93.1 Å². The highest BCUT2D eigenvalue weighted by Gasteiger charge is 2.68. The molecule has 1 saturated heterocycles. The van der Waals surface area contributed by atoms with E-state index in [2.05, 4.69) is 37.1 Å². The molecule has 2 aliphatic carbocycles. The fourth-order valence-electron chi connectivity index (χ4n) is 7.58. The maximum Gasteiger partial charge on any atom is 0.435 e. The molecule has 0 spiro atoms. The molecule has 4 heterocycles. The van der Waals surface area contributed by atoms with Crippen LogP contribution in [0.1, 0.15) is 52.3 Å². The van der Waals surface area contributed by atoms with Crippen LogP contribution in [0.3, 0.4) is 0 Å². The number of nitrogens with zero attached hydrogens (tertiary/aromatic N) is 5. The van der Waals surface area contributed by atoms with Crippen LogP contribution in [0, 0.1) is 29.4 Å². The average Bonchev–Trinajstić information content (AvgIpc) is 3.64. The largest absolute Gasteiger partial charge is 0.435 e. The van der Waals surface area contributed by atoms with Crippen molar-refractivity contribution >= 4 is 44.3 Å². The van der Waals surface area contributed by atoms with Crippen LogP contribution >= 0.6 is 11.6 Å². The van der Waals surface area contributed by atoms with Gasteiger partial charge >= 0.3 is 6.18 Å². The molecule has 8 rings (SSSR count). The summed E-state index contributed by atoms with van der Waals surface area (Å²) >= 11 is 6.56. The van der Waals surface area contributed by atoms with Gasteiger partial charge in [0.2, 0.25) is 15.9 Å². The van der Waals surface area contributed by atoms with E-state index in [0.717, 1.165) is 18.4 Å². The van der Waals surface area contributed by atoms with Gasteiger partial charge in [0.05, 0.1) is 47.1 Å². The number of pyridine rings is 1. The minimum Gasteiger partial charge on any atom is -0.373 e. The highest BCUT2D eigenvalue weighted by molar-refractivity contribution is 7.92. The van der Waals surface area contributed by atoms with Crippen LogP contribution in [-0.2, 0) is 51.7 Å². The Bertz CT molecular complexity index is 2700. The van der Waals surface area contributed by atoms with Crippen LogP contribution in [0.25, 0.3) is 22.0 Å². The molecule has 1 saturated carbocycles. The standard InChI is InChI=1S/C37H29ClF7N7O5S/c1-51-31-22(5-6-25(38)29(31)34(49-51)50-58(2,55)56)21-4-3-20(7-8-35(54)15-57-16-35)46-30(21)26(11-17-9-18(39)12-19(40)10-17)47-27(53)14-52-33-28(32(48-52)37(43,44)45)23-13-24(23)36(33,41)42/h3-6,9-10,12,23-24,26,54H,11,13-16H2,1-2H3,(H,47,53)(H,49,50)/t23-,24+,26-/m0/s1. The Balaban J connectivity index is 1.27. The molecule has 3 atom stereocenters. The number of aliphatic hydroxyl groups is 1. The fourth-order valence-corrected chi connectivity index (χ4v) is 8.31. The lowest BCUT2D eigenvalue weighted by molar-refractivity contribution is -0.142. The second-order valence-electron chi connectivity index (χ2n) is 14.5. The first-order valence-electron chi connectivity index (χ1n) is 17.4. The molecule has 1 aliphatic heterocycles. The number of aryl methyl sites for hydroxylation is 1. The first-order valence-corrected chi connectivity index (χ1v) is 19.7. The first-order chi connectivity index (χ1) is 27.1. The molecule has 5 aromatic rings. The molecule has 3 aromatic heterocycles. The van der Waals surface area contributed by atoms with Crippen molar-refractivity contribution in [3.63, 3.8) is 0 Å². The van der Waals surface area contributed by atoms with Gasteiger partial charge in [-0.25, -0.2) is 22.2 Å². The summed E-state index contributed by atoms with van der Waals surface area (Å²) in [5.74, 6) is -3.90. The van der Waals surface area contributed by atoms with Crippen molar-refractivity contribution in [2.45, 2.75) is 49.0 Å². The molecule has 21 heteroatoms. The Hall–Kier alpha value is -5.23. The molecule has 0 unspecified atom stereocenters. The van der Waals surface area contributed by atoms with Gasteiger partial charge in [0.25, 0.3) is 5.92 Å². The van der Waals surface area contributed by atoms with Crippen molar-refractivity contribution < 1.29 is 53.8 Å². The third-order valence-electron chi connectivity index (χ3n) is 10.1. The van der Waals surface area contributed by atoms with E-state index in [1.54, 1.807) is 0 Å². The van der Waals surface area contributed by atoms with Gasteiger partial charge in [0, 0.05) is 35.7 Å². The van der Waals surface area contributed by atoms with Crippen LogP contribution in [-0.4, -0.2) is 69.0 Å². The molecule has 3 aliphatic rings. The number of aromatic nitrogens is 5. The van der Waals surface area contributed by atoms with Crippen LogP contribution in [0.2, 0.25) is 5.02 Å².